The summed E-state index contributed by atoms with van der Waals surface area (Å²) in [6, 6.07) is 0.466. The molecule has 1 aromatic heterocycles. The summed E-state index contributed by atoms with van der Waals surface area (Å²) in [5.74, 6) is 0.640. The molecule has 1 aliphatic rings. The van der Waals surface area contributed by atoms with Crippen LogP contribution < -0.4 is 11.1 Å². The quantitative estimate of drug-likeness (QED) is 0.830. The van der Waals surface area contributed by atoms with E-state index in [1.807, 2.05) is 6.92 Å². The molecule has 2 heterocycles. The van der Waals surface area contributed by atoms with Gasteiger partial charge < -0.3 is 11.1 Å². The molecule has 1 atom stereocenters. The fourth-order valence-corrected chi connectivity index (χ4v) is 2.63. The first-order valence-corrected chi connectivity index (χ1v) is 7.23. The average molecular weight is 284 g/mol. The van der Waals surface area contributed by atoms with Crippen LogP contribution in [0.15, 0.2) is 0 Å². The summed E-state index contributed by atoms with van der Waals surface area (Å²) >= 11 is 5.86. The van der Waals surface area contributed by atoms with Crippen LogP contribution in [0.2, 0.25) is 5.28 Å². The number of aromatic nitrogens is 2. The number of rotatable bonds is 4. The molecule has 5 nitrogen and oxygen atoms in total. The molecule has 1 unspecified atom stereocenters. The Kier molecular flexibility index (Phi) is 4.82. The zero-order chi connectivity index (χ0) is 13.8. The molecule has 0 amide bonds. The number of aryl methyl sites for hydroxylation is 1. The smallest absolute Gasteiger partial charge is 0.224 e. The van der Waals surface area contributed by atoms with Crippen molar-refractivity contribution in [1.29, 1.82) is 0 Å². The van der Waals surface area contributed by atoms with Crippen LogP contribution in [-0.4, -0.2) is 40.5 Å². The highest BCUT2D eigenvalue weighted by Crippen LogP contribution is 2.21. The van der Waals surface area contributed by atoms with Crippen molar-refractivity contribution in [1.82, 2.24) is 14.9 Å². The lowest BCUT2D eigenvalue weighted by Gasteiger charge is -2.32. The third-order valence-electron chi connectivity index (χ3n) is 3.69. The summed E-state index contributed by atoms with van der Waals surface area (Å²) in [7, 11) is 0. The van der Waals surface area contributed by atoms with E-state index in [1.54, 1.807) is 0 Å². The predicted molar refractivity (Wildman–Crippen MR) is 79.6 cm³/mol. The zero-order valence-electron chi connectivity index (χ0n) is 11.6. The Hall–Kier alpha value is -1.07. The Bertz CT molecular complexity index is 431. The molecule has 1 fully saturated rings. The zero-order valence-corrected chi connectivity index (χ0v) is 12.4. The molecule has 0 bridgehead atoms. The second-order valence-electron chi connectivity index (χ2n) is 5.17. The van der Waals surface area contributed by atoms with Crippen LogP contribution in [0.3, 0.4) is 0 Å². The fraction of sp³-hybridized carbons (Fsp3) is 0.692. The van der Waals surface area contributed by atoms with Gasteiger partial charge in [-0.1, -0.05) is 6.42 Å². The van der Waals surface area contributed by atoms with Gasteiger partial charge in [-0.25, -0.2) is 4.98 Å². The third kappa shape index (κ3) is 3.70. The van der Waals surface area contributed by atoms with Gasteiger partial charge in [0.25, 0.3) is 0 Å². The summed E-state index contributed by atoms with van der Waals surface area (Å²) in [6.45, 7) is 7.24. The van der Waals surface area contributed by atoms with Crippen molar-refractivity contribution < 1.29 is 0 Å². The molecule has 3 N–H and O–H groups in total. The van der Waals surface area contributed by atoms with Gasteiger partial charge in [0.2, 0.25) is 5.28 Å². The van der Waals surface area contributed by atoms with Crippen molar-refractivity contribution in [2.24, 2.45) is 0 Å². The number of piperidine rings is 1. The van der Waals surface area contributed by atoms with Gasteiger partial charge in [0.05, 0.1) is 11.4 Å². The second-order valence-corrected chi connectivity index (χ2v) is 5.50. The topological polar surface area (TPSA) is 67.1 Å². The van der Waals surface area contributed by atoms with Crippen molar-refractivity contribution in [3.63, 3.8) is 0 Å². The van der Waals surface area contributed by atoms with Crippen LogP contribution in [0.4, 0.5) is 11.5 Å². The molecule has 2 rings (SSSR count). The Morgan fingerprint density at radius 2 is 2.00 bits per heavy atom. The van der Waals surface area contributed by atoms with Gasteiger partial charge in [-0.2, -0.15) is 4.98 Å². The molecular formula is C13H22ClN5. The number of likely N-dealkylation sites (tertiary alicyclic amines) is 1. The number of hydrogen-bond donors (Lipinski definition) is 2. The molecule has 19 heavy (non-hydrogen) atoms. The minimum absolute atomic E-state index is 0.236. The highest BCUT2D eigenvalue weighted by molar-refractivity contribution is 6.28. The van der Waals surface area contributed by atoms with Gasteiger partial charge in [-0.15, -0.1) is 0 Å². The van der Waals surface area contributed by atoms with Crippen LogP contribution in [0, 0.1) is 6.92 Å². The lowest BCUT2D eigenvalue weighted by atomic mass is 10.1. The van der Waals surface area contributed by atoms with Crippen molar-refractivity contribution in [2.75, 3.05) is 30.7 Å². The van der Waals surface area contributed by atoms with Gasteiger partial charge in [0, 0.05) is 12.6 Å². The Morgan fingerprint density at radius 3 is 2.68 bits per heavy atom. The maximum atomic E-state index is 5.96. The number of anilines is 2. The van der Waals surface area contributed by atoms with E-state index >= 15 is 0 Å². The number of nitrogens with one attached hydrogen (secondary N) is 1. The van der Waals surface area contributed by atoms with Gasteiger partial charge >= 0.3 is 0 Å². The van der Waals surface area contributed by atoms with Gasteiger partial charge in [-0.3, -0.25) is 4.90 Å². The maximum Gasteiger partial charge on any atom is 0.224 e. The molecule has 1 aliphatic heterocycles. The maximum absolute atomic E-state index is 5.96. The second kappa shape index (κ2) is 6.39. The molecule has 0 saturated carbocycles. The van der Waals surface area contributed by atoms with E-state index in [2.05, 4.69) is 27.1 Å². The summed E-state index contributed by atoms with van der Waals surface area (Å²) in [5.41, 5.74) is 7.25. The van der Waals surface area contributed by atoms with Crippen LogP contribution in [-0.2, 0) is 0 Å². The standard InChI is InChI=1S/C13H22ClN5/c1-9(19-6-4-3-5-7-19)8-16-12-11(15)10(2)17-13(14)18-12/h9H,3-8,15H2,1-2H3,(H,16,17,18). The first-order valence-electron chi connectivity index (χ1n) is 6.85. The van der Waals surface area contributed by atoms with E-state index in [9.17, 15) is 0 Å². The summed E-state index contributed by atoms with van der Waals surface area (Å²) in [4.78, 5) is 10.7. The molecule has 6 heteroatoms. The van der Waals surface area contributed by atoms with Crippen molar-refractivity contribution >= 4 is 23.1 Å². The predicted octanol–water partition coefficient (Wildman–Crippen LogP) is 2.31. The SMILES string of the molecule is Cc1nc(Cl)nc(NCC(C)N2CCCCC2)c1N. The summed E-state index contributed by atoms with van der Waals surface area (Å²) in [6.07, 6.45) is 3.94. The lowest BCUT2D eigenvalue weighted by molar-refractivity contribution is 0.180. The number of hydrogen-bond acceptors (Lipinski definition) is 5. The number of nitrogens with two attached hydrogens (primary N) is 1. The minimum atomic E-state index is 0.236. The third-order valence-corrected chi connectivity index (χ3v) is 3.86. The molecule has 0 spiro atoms. The van der Waals surface area contributed by atoms with E-state index in [1.165, 1.54) is 32.4 Å². The molecule has 0 aliphatic carbocycles. The first kappa shape index (κ1) is 14.3. The largest absolute Gasteiger partial charge is 0.394 e. The van der Waals surface area contributed by atoms with Crippen LogP contribution in [0.25, 0.3) is 0 Å². The van der Waals surface area contributed by atoms with Crippen LogP contribution in [0.1, 0.15) is 31.9 Å². The monoisotopic (exact) mass is 283 g/mol. The van der Waals surface area contributed by atoms with E-state index in [0.29, 0.717) is 23.2 Å². The van der Waals surface area contributed by atoms with Crippen molar-refractivity contribution in [3.8, 4) is 0 Å². The molecular weight excluding hydrogens is 262 g/mol. The van der Waals surface area contributed by atoms with Crippen molar-refractivity contribution in [2.45, 2.75) is 39.2 Å². The van der Waals surface area contributed by atoms with E-state index in [-0.39, 0.29) is 5.28 Å². The number of nitrogens with zero attached hydrogens (tertiary/aromatic N) is 3. The van der Waals surface area contributed by atoms with Gasteiger partial charge in [0.15, 0.2) is 5.82 Å². The average Bonchev–Trinajstić information content (AvgIpc) is 2.41. The van der Waals surface area contributed by atoms with Crippen LogP contribution in [0.5, 0.6) is 0 Å². The van der Waals surface area contributed by atoms with E-state index in [4.69, 9.17) is 17.3 Å². The van der Waals surface area contributed by atoms with Crippen LogP contribution >= 0.6 is 11.6 Å². The molecule has 1 saturated heterocycles. The number of halogens is 1. The normalized spacial score (nSPS) is 18.3. The summed E-state index contributed by atoms with van der Waals surface area (Å²) in [5, 5.41) is 3.53. The van der Waals surface area contributed by atoms with Gasteiger partial charge in [0.1, 0.15) is 0 Å². The van der Waals surface area contributed by atoms with Gasteiger partial charge in [-0.05, 0) is 51.4 Å². The lowest BCUT2D eigenvalue weighted by Crippen LogP contribution is -2.41. The van der Waals surface area contributed by atoms with E-state index in [0.717, 1.165) is 6.54 Å². The Labute approximate surface area is 119 Å². The highest BCUT2D eigenvalue weighted by Gasteiger charge is 2.17. The van der Waals surface area contributed by atoms with Crippen molar-refractivity contribution in [3.05, 3.63) is 11.0 Å². The Balaban J connectivity index is 1.94. The molecule has 0 aromatic carbocycles. The summed E-state index contributed by atoms with van der Waals surface area (Å²) < 4.78 is 0. The highest BCUT2D eigenvalue weighted by atomic mass is 35.5. The number of nitrogen functional groups attached to an aromatic ring is 1. The molecule has 1 aromatic rings. The molecule has 106 valence electrons. The minimum Gasteiger partial charge on any atom is -0.394 e. The van der Waals surface area contributed by atoms with E-state index < -0.39 is 0 Å². The molecule has 0 radical (unpaired) electrons. The fourth-order valence-electron chi connectivity index (χ4n) is 2.41. The first-order chi connectivity index (χ1) is 9.08. The Morgan fingerprint density at radius 1 is 1.32 bits per heavy atom.